The minimum Gasteiger partial charge on any atom is -0.508 e. The first-order valence-electron chi connectivity index (χ1n) is 13.1. The molecule has 0 amide bonds. The molecule has 6 rings (SSSR count). The van der Waals surface area contributed by atoms with Crippen molar-refractivity contribution in [3.05, 3.63) is 115 Å². The molecule has 0 aliphatic carbocycles. The normalized spacial score (nSPS) is 13.4. The third kappa shape index (κ3) is 3.26. The average Bonchev–Trinajstić information content (AvgIpc) is 3.24. The molecule has 3 heteroatoms. The fraction of sp³-hybridized carbons (Fsp3) is 0.0333. The number of nitrogens with zero attached hydrogens (tertiary/aromatic N) is 2. The number of rotatable bonds is 3. The quantitative estimate of drug-likeness (QED) is 0.314. The van der Waals surface area contributed by atoms with Gasteiger partial charge in [-0.25, -0.2) is 4.98 Å². The highest BCUT2D eigenvalue weighted by Gasteiger charge is 2.16. The molecule has 0 radical (unpaired) electrons. The van der Waals surface area contributed by atoms with Gasteiger partial charge in [0, 0.05) is 28.6 Å². The minimum atomic E-state index is -0.425. The molecule has 1 N–H and O–H groups in total. The van der Waals surface area contributed by atoms with Gasteiger partial charge >= 0.3 is 0 Å². The Morgan fingerprint density at radius 2 is 1.58 bits per heavy atom. The molecule has 0 saturated carbocycles. The molecule has 0 atom stereocenters. The zero-order valence-corrected chi connectivity index (χ0v) is 17.8. The lowest BCUT2D eigenvalue weighted by molar-refractivity contribution is 0.476. The van der Waals surface area contributed by atoms with Gasteiger partial charge in [0.25, 0.3) is 0 Å². The van der Waals surface area contributed by atoms with Crippen LogP contribution in [0, 0.1) is 6.92 Å². The van der Waals surface area contributed by atoms with E-state index in [0.29, 0.717) is 16.9 Å². The summed E-state index contributed by atoms with van der Waals surface area (Å²) in [5, 5.41) is 12.3. The van der Waals surface area contributed by atoms with Crippen molar-refractivity contribution in [3.8, 4) is 33.8 Å². The first kappa shape index (κ1) is 14.6. The molecule has 4 aromatic carbocycles. The summed E-state index contributed by atoms with van der Waals surface area (Å²) in [6.45, 7) is 1.83. The van der Waals surface area contributed by atoms with E-state index in [9.17, 15) is 5.11 Å². The summed E-state index contributed by atoms with van der Waals surface area (Å²) in [7, 11) is 0. The number of hydrogen-bond donors (Lipinski definition) is 1. The molecular formula is C30H22N2O. The molecule has 0 aliphatic heterocycles. The van der Waals surface area contributed by atoms with Gasteiger partial charge in [-0.2, -0.15) is 0 Å². The number of fused-ring (bicyclic) bond motifs is 3. The Balaban J connectivity index is 1.58. The standard InChI is InChI=1S/C30H22N2O/c1-20-16-30(31-19-27(20)22-10-6-3-7-11-22)32-28-15-12-23(21-8-4-2-5-9-21)17-26(28)25-14-13-24(33)18-29(25)32/h2-19,33H,1H3/i3D,6D,7D,10D,11D. The number of hydrogen-bond acceptors (Lipinski definition) is 2. The lowest BCUT2D eigenvalue weighted by Crippen LogP contribution is -1.99. The molecule has 0 unspecified atom stereocenters. The van der Waals surface area contributed by atoms with E-state index in [-0.39, 0.29) is 35.5 Å². The number of pyridine rings is 1. The van der Waals surface area contributed by atoms with Crippen molar-refractivity contribution >= 4 is 21.8 Å². The van der Waals surface area contributed by atoms with Gasteiger partial charge in [-0.05, 0) is 59.5 Å². The third-order valence-corrected chi connectivity index (χ3v) is 5.95. The molecule has 0 fully saturated rings. The Labute approximate surface area is 199 Å². The van der Waals surface area contributed by atoms with Crippen LogP contribution in [0.4, 0.5) is 0 Å². The monoisotopic (exact) mass is 431 g/mol. The molecule has 2 aromatic heterocycles. The van der Waals surface area contributed by atoms with Crippen molar-refractivity contribution in [2.75, 3.05) is 0 Å². The van der Waals surface area contributed by atoms with Crippen LogP contribution in [0.2, 0.25) is 0 Å². The summed E-state index contributed by atoms with van der Waals surface area (Å²) in [6.07, 6.45) is 1.55. The van der Waals surface area contributed by atoms with E-state index >= 15 is 0 Å². The Morgan fingerprint density at radius 3 is 2.36 bits per heavy atom. The SMILES string of the molecule is [2H]c1c([2H])c([2H])c(-c2cnc(-n3c4ccc(-c5ccccc5)cc4c4ccc(O)cc43)cc2C)c([2H])c1[2H]. The highest BCUT2D eigenvalue weighted by atomic mass is 16.3. The molecule has 0 spiro atoms. The smallest absolute Gasteiger partial charge is 0.137 e. The lowest BCUT2D eigenvalue weighted by Gasteiger charge is -2.11. The molecule has 33 heavy (non-hydrogen) atoms. The van der Waals surface area contributed by atoms with E-state index < -0.39 is 6.04 Å². The molecule has 6 aromatic rings. The second-order valence-corrected chi connectivity index (χ2v) is 7.99. The summed E-state index contributed by atoms with van der Waals surface area (Å²) >= 11 is 0. The van der Waals surface area contributed by atoms with Crippen LogP contribution in [0.25, 0.3) is 49.9 Å². The van der Waals surface area contributed by atoms with E-state index in [0.717, 1.165) is 32.9 Å². The van der Waals surface area contributed by atoms with E-state index in [1.807, 2.05) is 47.9 Å². The van der Waals surface area contributed by atoms with Gasteiger partial charge in [0.1, 0.15) is 11.6 Å². The van der Waals surface area contributed by atoms with Crippen LogP contribution in [0.1, 0.15) is 12.4 Å². The van der Waals surface area contributed by atoms with Gasteiger partial charge in [0.05, 0.1) is 17.9 Å². The molecule has 0 aliphatic rings. The second kappa shape index (κ2) is 7.64. The third-order valence-electron chi connectivity index (χ3n) is 5.95. The Bertz CT molecular complexity index is 1870. The van der Waals surface area contributed by atoms with Crippen LogP contribution < -0.4 is 0 Å². The molecule has 158 valence electrons. The molecule has 2 heterocycles. The van der Waals surface area contributed by atoms with Gasteiger partial charge in [-0.1, -0.05) is 66.6 Å². The van der Waals surface area contributed by atoms with Crippen LogP contribution in [-0.4, -0.2) is 14.7 Å². The molecule has 0 saturated heterocycles. The van der Waals surface area contributed by atoms with Gasteiger partial charge in [-0.15, -0.1) is 0 Å². The number of aromatic hydroxyl groups is 1. The van der Waals surface area contributed by atoms with Crippen molar-refractivity contribution in [2.24, 2.45) is 0 Å². The Hall–Kier alpha value is -4.37. The summed E-state index contributed by atoms with van der Waals surface area (Å²) in [5.41, 5.74) is 5.18. The molecule has 0 bridgehead atoms. The van der Waals surface area contributed by atoms with Crippen LogP contribution in [0.3, 0.4) is 0 Å². The van der Waals surface area contributed by atoms with Gasteiger partial charge in [0.15, 0.2) is 0 Å². The fourth-order valence-corrected chi connectivity index (χ4v) is 4.38. The van der Waals surface area contributed by atoms with Crippen LogP contribution in [-0.2, 0) is 0 Å². The Kier molecular flexibility index (Phi) is 3.39. The summed E-state index contributed by atoms with van der Waals surface area (Å²) < 4.78 is 42.6. The van der Waals surface area contributed by atoms with Gasteiger partial charge in [0.2, 0.25) is 0 Å². The highest BCUT2D eigenvalue weighted by molar-refractivity contribution is 6.10. The van der Waals surface area contributed by atoms with Gasteiger partial charge < -0.3 is 5.11 Å². The summed E-state index contributed by atoms with van der Waals surface area (Å²) in [5.74, 6) is 0.731. The zero-order chi connectivity index (χ0) is 26.7. The highest BCUT2D eigenvalue weighted by Crippen LogP contribution is 2.36. The zero-order valence-electron chi connectivity index (χ0n) is 22.8. The fourth-order valence-electron chi connectivity index (χ4n) is 4.38. The van der Waals surface area contributed by atoms with E-state index in [4.69, 9.17) is 6.85 Å². The number of benzene rings is 4. The Morgan fingerprint density at radius 1 is 0.758 bits per heavy atom. The van der Waals surface area contributed by atoms with Crippen LogP contribution >= 0.6 is 0 Å². The first-order valence-corrected chi connectivity index (χ1v) is 10.6. The number of phenolic OH excluding ortho intramolecular Hbond substituents is 1. The molecule has 3 nitrogen and oxygen atoms in total. The first-order chi connectivity index (χ1) is 18.3. The van der Waals surface area contributed by atoms with Crippen molar-refractivity contribution in [2.45, 2.75) is 6.92 Å². The van der Waals surface area contributed by atoms with E-state index in [1.165, 1.54) is 0 Å². The maximum Gasteiger partial charge on any atom is 0.137 e. The maximum absolute atomic E-state index is 10.3. The van der Waals surface area contributed by atoms with E-state index in [2.05, 4.69) is 29.2 Å². The van der Waals surface area contributed by atoms with Crippen molar-refractivity contribution in [3.63, 3.8) is 0 Å². The average molecular weight is 432 g/mol. The predicted octanol–water partition coefficient (Wildman–Crippen LogP) is 7.53. The van der Waals surface area contributed by atoms with Crippen molar-refractivity contribution < 1.29 is 12.0 Å². The van der Waals surface area contributed by atoms with Crippen LogP contribution in [0.15, 0.2) is 109 Å². The largest absolute Gasteiger partial charge is 0.508 e. The van der Waals surface area contributed by atoms with Crippen molar-refractivity contribution in [1.29, 1.82) is 0 Å². The maximum atomic E-state index is 10.3. The minimum absolute atomic E-state index is 0.125. The lowest BCUT2D eigenvalue weighted by atomic mass is 10.0. The second-order valence-electron chi connectivity index (χ2n) is 7.99. The molecular weight excluding hydrogens is 404 g/mol. The summed E-state index contributed by atoms with van der Waals surface area (Å²) in [4.78, 5) is 4.68. The number of phenols is 1. The van der Waals surface area contributed by atoms with E-state index in [1.54, 1.807) is 18.3 Å². The topological polar surface area (TPSA) is 38.0 Å². The van der Waals surface area contributed by atoms with Crippen molar-refractivity contribution in [1.82, 2.24) is 9.55 Å². The van der Waals surface area contributed by atoms with Gasteiger partial charge in [-0.3, -0.25) is 4.57 Å². The predicted molar refractivity (Wildman–Crippen MR) is 136 cm³/mol. The van der Waals surface area contributed by atoms with Crippen LogP contribution in [0.5, 0.6) is 5.75 Å². The summed E-state index contributed by atoms with van der Waals surface area (Å²) in [6, 6.07) is 21.8. The number of aryl methyl sites for hydroxylation is 1. The number of aromatic nitrogens is 2.